The minimum absolute atomic E-state index is 0.0491. The summed E-state index contributed by atoms with van der Waals surface area (Å²) in [6.07, 6.45) is 6.05. The molecule has 4 heterocycles. The van der Waals surface area contributed by atoms with Crippen LogP contribution in [0.2, 0.25) is 0 Å². The zero-order chi connectivity index (χ0) is 29.0. The highest BCUT2D eigenvalue weighted by molar-refractivity contribution is 7.94. The molecule has 1 N–H and O–H groups in total. The molecule has 1 fully saturated rings. The van der Waals surface area contributed by atoms with Crippen molar-refractivity contribution < 1.29 is 27.2 Å². The Morgan fingerprint density at radius 3 is 2.56 bits per heavy atom. The van der Waals surface area contributed by atoms with Gasteiger partial charge in [-0.15, -0.1) is 0 Å². The van der Waals surface area contributed by atoms with Crippen molar-refractivity contribution in [3.63, 3.8) is 0 Å². The number of imide groups is 1. The molecule has 2 aromatic heterocycles. The third-order valence-corrected chi connectivity index (χ3v) is 10.3. The molecule has 9 nitrogen and oxygen atoms in total. The van der Waals surface area contributed by atoms with Crippen molar-refractivity contribution in [3.05, 3.63) is 70.5 Å². The van der Waals surface area contributed by atoms with E-state index in [1.807, 2.05) is 12.1 Å². The lowest BCUT2D eigenvalue weighted by Gasteiger charge is -2.27. The predicted octanol–water partition coefficient (Wildman–Crippen LogP) is 3.89. The van der Waals surface area contributed by atoms with E-state index in [1.165, 1.54) is 50.7 Å². The molecule has 1 saturated heterocycles. The lowest BCUT2D eigenvalue weighted by atomic mass is 9.97. The first kappa shape index (κ1) is 29.0. The van der Waals surface area contributed by atoms with E-state index in [2.05, 4.69) is 15.2 Å². The normalized spacial score (nSPS) is 16.1. The molecule has 0 saturated carbocycles. The van der Waals surface area contributed by atoms with Crippen LogP contribution in [0.4, 0.5) is 15.9 Å². The maximum absolute atomic E-state index is 13.2. The number of nitrogens with one attached hydrogen (secondary N) is 1. The number of nitrogens with zero attached hydrogens (tertiary/aromatic N) is 3. The SMILES string of the molecule is O=C(Cc1ccc(N2C(=O)Cc3cc(NCCCN4CCCCC4)ccc3C2=O)nc1)CS(=O)(=O)c1ccc(F)s1. The molecule has 2 aliphatic rings. The van der Waals surface area contributed by atoms with Gasteiger partial charge in [0.2, 0.25) is 5.91 Å². The molecule has 0 aliphatic carbocycles. The summed E-state index contributed by atoms with van der Waals surface area (Å²) in [5, 5.41) is 2.75. The number of thiophene rings is 1. The Bertz CT molecular complexity index is 1550. The Balaban J connectivity index is 1.17. The van der Waals surface area contributed by atoms with E-state index in [0.717, 1.165) is 42.2 Å². The van der Waals surface area contributed by atoms with E-state index in [4.69, 9.17) is 0 Å². The highest BCUT2D eigenvalue weighted by Gasteiger charge is 2.33. The number of hydrogen-bond acceptors (Lipinski definition) is 9. The van der Waals surface area contributed by atoms with Crippen LogP contribution in [0.5, 0.6) is 0 Å². The number of piperidine rings is 1. The molecule has 0 radical (unpaired) electrons. The molecule has 5 rings (SSSR count). The first-order chi connectivity index (χ1) is 19.7. The Morgan fingerprint density at radius 1 is 1.05 bits per heavy atom. The van der Waals surface area contributed by atoms with Crippen LogP contribution in [0.25, 0.3) is 0 Å². The number of Topliss-reactive ketones (excluding diaryl/α,β-unsaturated/α-hetero) is 1. The van der Waals surface area contributed by atoms with Gasteiger partial charge in [0, 0.05) is 30.4 Å². The van der Waals surface area contributed by atoms with Crippen molar-refractivity contribution in [1.82, 2.24) is 9.88 Å². The van der Waals surface area contributed by atoms with Gasteiger partial charge in [0.15, 0.2) is 20.8 Å². The van der Waals surface area contributed by atoms with Crippen LogP contribution in [0.1, 0.15) is 47.2 Å². The highest BCUT2D eigenvalue weighted by Crippen LogP contribution is 2.27. The number of carbonyl (C=O) groups is 3. The standard InChI is InChI=1S/C29H31FN4O5S2/c30-25-8-10-28(40-25)41(38,39)19-23(35)15-20-5-9-26(32-18-20)34-27(36)17-21-16-22(6-7-24(21)29(34)37)31-11-4-14-33-12-2-1-3-13-33/h5-10,16,18,31H,1-4,11-15,17,19H2. The van der Waals surface area contributed by atoms with Crippen LogP contribution in [-0.2, 0) is 32.3 Å². The molecule has 0 atom stereocenters. The summed E-state index contributed by atoms with van der Waals surface area (Å²) in [6.45, 7) is 4.19. The second kappa shape index (κ2) is 12.6. The molecule has 12 heteroatoms. The first-order valence-corrected chi connectivity index (χ1v) is 16.1. The molecule has 0 bridgehead atoms. The molecule has 0 unspecified atom stereocenters. The fourth-order valence-electron chi connectivity index (χ4n) is 5.16. The van der Waals surface area contributed by atoms with Crippen LogP contribution < -0.4 is 10.2 Å². The number of aromatic nitrogens is 1. The van der Waals surface area contributed by atoms with Gasteiger partial charge in [0.1, 0.15) is 15.8 Å². The molecule has 0 spiro atoms. The number of ketones is 1. The van der Waals surface area contributed by atoms with Gasteiger partial charge in [-0.2, -0.15) is 4.39 Å². The van der Waals surface area contributed by atoms with Crippen LogP contribution in [0.15, 0.2) is 52.9 Å². The fraction of sp³-hybridized carbons (Fsp3) is 0.379. The summed E-state index contributed by atoms with van der Waals surface area (Å²) in [5.74, 6) is -2.09. The average molecular weight is 599 g/mol. The average Bonchev–Trinajstić information content (AvgIpc) is 3.39. The fourth-order valence-corrected chi connectivity index (χ4v) is 7.50. The Morgan fingerprint density at radius 2 is 1.85 bits per heavy atom. The topological polar surface area (TPSA) is 117 Å². The monoisotopic (exact) mass is 598 g/mol. The lowest BCUT2D eigenvalue weighted by Crippen LogP contribution is -2.43. The number of pyridine rings is 1. The smallest absolute Gasteiger partial charge is 0.266 e. The minimum atomic E-state index is -3.94. The third-order valence-electron chi connectivity index (χ3n) is 7.20. The van der Waals surface area contributed by atoms with Crippen LogP contribution in [0.3, 0.4) is 0 Å². The van der Waals surface area contributed by atoms with Gasteiger partial charge in [-0.25, -0.2) is 18.3 Å². The number of amides is 2. The van der Waals surface area contributed by atoms with Crippen molar-refractivity contribution >= 4 is 50.3 Å². The second-order valence-corrected chi connectivity index (χ2v) is 13.6. The maximum Gasteiger partial charge on any atom is 0.266 e. The quantitative estimate of drug-likeness (QED) is 0.261. The van der Waals surface area contributed by atoms with Crippen LogP contribution in [0, 0.1) is 5.13 Å². The van der Waals surface area contributed by atoms with Crippen LogP contribution in [-0.4, -0.2) is 67.8 Å². The maximum atomic E-state index is 13.2. The number of anilines is 2. The van der Waals surface area contributed by atoms with Gasteiger partial charge >= 0.3 is 0 Å². The molecular weight excluding hydrogens is 567 g/mol. The number of benzene rings is 1. The highest BCUT2D eigenvalue weighted by atomic mass is 32.2. The van der Waals surface area contributed by atoms with Crippen molar-refractivity contribution in [1.29, 1.82) is 0 Å². The van der Waals surface area contributed by atoms with Gasteiger partial charge < -0.3 is 10.2 Å². The number of carbonyl (C=O) groups excluding carboxylic acids is 3. The van der Waals surface area contributed by atoms with Gasteiger partial charge in [0.25, 0.3) is 5.91 Å². The van der Waals surface area contributed by atoms with Crippen molar-refractivity contribution in [2.45, 2.75) is 42.7 Å². The molecule has 41 heavy (non-hydrogen) atoms. The summed E-state index contributed by atoms with van der Waals surface area (Å²) >= 11 is 0.472. The van der Waals surface area contributed by atoms with Gasteiger partial charge in [-0.05, 0) is 86.4 Å². The lowest BCUT2D eigenvalue weighted by molar-refractivity contribution is -0.118. The number of rotatable bonds is 11. The summed E-state index contributed by atoms with van der Waals surface area (Å²) in [7, 11) is -3.94. The van der Waals surface area contributed by atoms with Crippen molar-refractivity contribution in [2.24, 2.45) is 0 Å². The largest absolute Gasteiger partial charge is 0.385 e. The molecule has 2 aliphatic heterocycles. The van der Waals surface area contributed by atoms with E-state index in [9.17, 15) is 27.2 Å². The van der Waals surface area contributed by atoms with Crippen molar-refractivity contribution in [2.75, 3.05) is 42.1 Å². The Labute approximate surface area is 242 Å². The van der Waals surface area contributed by atoms with E-state index >= 15 is 0 Å². The number of sulfone groups is 1. The zero-order valence-electron chi connectivity index (χ0n) is 22.5. The van der Waals surface area contributed by atoms with Crippen LogP contribution >= 0.6 is 11.3 Å². The summed E-state index contributed by atoms with van der Waals surface area (Å²) in [6, 6.07) is 10.6. The van der Waals surface area contributed by atoms with Gasteiger partial charge in [-0.1, -0.05) is 23.8 Å². The number of fused-ring (bicyclic) bond motifs is 1. The number of hydrogen-bond donors (Lipinski definition) is 1. The molecule has 2 amide bonds. The molecule has 3 aromatic rings. The van der Waals surface area contributed by atoms with E-state index < -0.39 is 38.3 Å². The summed E-state index contributed by atoms with van der Waals surface area (Å²) in [5.41, 5.74) is 2.39. The minimum Gasteiger partial charge on any atom is -0.385 e. The van der Waals surface area contributed by atoms with Gasteiger partial charge in [0.05, 0.1) is 6.42 Å². The van der Waals surface area contributed by atoms with E-state index in [1.54, 1.807) is 6.07 Å². The second-order valence-electron chi connectivity index (χ2n) is 10.3. The summed E-state index contributed by atoms with van der Waals surface area (Å²) < 4.78 is 37.7. The Hall–Kier alpha value is -3.48. The predicted molar refractivity (Wildman–Crippen MR) is 155 cm³/mol. The molecule has 216 valence electrons. The van der Waals surface area contributed by atoms with Crippen molar-refractivity contribution in [3.8, 4) is 0 Å². The third kappa shape index (κ3) is 7.06. The number of likely N-dealkylation sites (tertiary alicyclic amines) is 1. The Kier molecular flexibility index (Phi) is 8.91. The number of halogens is 1. The van der Waals surface area contributed by atoms with E-state index in [0.29, 0.717) is 28.0 Å². The van der Waals surface area contributed by atoms with E-state index in [-0.39, 0.29) is 22.9 Å². The summed E-state index contributed by atoms with van der Waals surface area (Å²) in [4.78, 5) is 46.3. The zero-order valence-corrected chi connectivity index (χ0v) is 24.1. The molecule has 1 aromatic carbocycles. The molecular formula is C29H31FN4O5S2. The van der Waals surface area contributed by atoms with Gasteiger partial charge in [-0.3, -0.25) is 14.4 Å². The first-order valence-electron chi connectivity index (χ1n) is 13.6.